The minimum atomic E-state index is -0.641. The van der Waals surface area contributed by atoms with Crippen molar-refractivity contribution in [3.8, 4) is 0 Å². The van der Waals surface area contributed by atoms with Gasteiger partial charge in [-0.2, -0.15) is 0 Å². The summed E-state index contributed by atoms with van der Waals surface area (Å²) >= 11 is 0. The number of hydrogen-bond donors (Lipinski definition) is 0. The quantitative estimate of drug-likeness (QED) is 0.606. The number of ketones is 1. The van der Waals surface area contributed by atoms with Crippen LogP contribution in [0, 0.1) is 5.92 Å². The van der Waals surface area contributed by atoms with Crippen LogP contribution in [0.3, 0.4) is 0 Å². The van der Waals surface area contributed by atoms with Crippen molar-refractivity contribution in [2.75, 3.05) is 7.05 Å². The van der Waals surface area contributed by atoms with Gasteiger partial charge in [0, 0.05) is 13.5 Å². The molecule has 0 aliphatic rings. The third-order valence-corrected chi connectivity index (χ3v) is 2.05. The van der Waals surface area contributed by atoms with E-state index in [1.807, 2.05) is 0 Å². The van der Waals surface area contributed by atoms with E-state index in [9.17, 15) is 14.4 Å². The van der Waals surface area contributed by atoms with Gasteiger partial charge >= 0.3 is 0 Å². The molecule has 79 valence electrons. The zero-order valence-electron chi connectivity index (χ0n) is 9.03. The molecule has 14 heavy (non-hydrogen) atoms. The number of Topliss-reactive ketones (excluding diaryl/α,β-unsaturated/α-hetero) is 1. The Morgan fingerprint density at radius 3 is 2.14 bits per heavy atom. The Morgan fingerprint density at radius 2 is 1.86 bits per heavy atom. The molecule has 0 aromatic carbocycles. The fourth-order valence-corrected chi connectivity index (χ4v) is 1.14. The highest BCUT2D eigenvalue weighted by atomic mass is 16.2. The second-order valence-corrected chi connectivity index (χ2v) is 3.50. The smallest absolute Gasteiger partial charge is 0.290 e. The lowest BCUT2D eigenvalue weighted by Gasteiger charge is -2.25. The first-order chi connectivity index (χ1) is 6.45. The van der Waals surface area contributed by atoms with Crippen LogP contribution in [0.2, 0.25) is 0 Å². The van der Waals surface area contributed by atoms with E-state index >= 15 is 0 Å². The van der Waals surface area contributed by atoms with Crippen LogP contribution in [0.15, 0.2) is 0 Å². The topological polar surface area (TPSA) is 54.5 Å². The van der Waals surface area contributed by atoms with Crippen LogP contribution in [0.1, 0.15) is 27.2 Å². The van der Waals surface area contributed by atoms with Gasteiger partial charge < -0.3 is 4.90 Å². The van der Waals surface area contributed by atoms with E-state index in [2.05, 4.69) is 0 Å². The van der Waals surface area contributed by atoms with Crippen molar-refractivity contribution < 1.29 is 14.4 Å². The first-order valence-corrected chi connectivity index (χ1v) is 4.63. The van der Waals surface area contributed by atoms with Crippen LogP contribution in [-0.2, 0) is 14.4 Å². The van der Waals surface area contributed by atoms with Crippen LogP contribution in [-0.4, -0.2) is 36.0 Å². The SMILES string of the molecule is CCC(=O)C(=O)N(C)C([C]=O)C(C)C. The van der Waals surface area contributed by atoms with Gasteiger partial charge in [0.1, 0.15) is 6.04 Å². The average molecular weight is 198 g/mol. The largest absolute Gasteiger partial charge is 0.328 e. The molecule has 0 aromatic heterocycles. The molecule has 4 heteroatoms. The Morgan fingerprint density at radius 1 is 1.36 bits per heavy atom. The van der Waals surface area contributed by atoms with Crippen LogP contribution in [0.4, 0.5) is 0 Å². The van der Waals surface area contributed by atoms with Crippen LogP contribution < -0.4 is 0 Å². The zero-order chi connectivity index (χ0) is 11.3. The van der Waals surface area contributed by atoms with E-state index in [4.69, 9.17) is 0 Å². The summed E-state index contributed by atoms with van der Waals surface area (Å²) in [5, 5.41) is 0. The minimum absolute atomic E-state index is 0.0360. The van der Waals surface area contributed by atoms with Gasteiger partial charge in [-0.15, -0.1) is 0 Å². The molecular formula is C10H16NO3. The molecule has 0 saturated heterocycles. The molecule has 0 heterocycles. The maximum Gasteiger partial charge on any atom is 0.290 e. The average Bonchev–Trinajstić information content (AvgIpc) is 2.15. The monoisotopic (exact) mass is 198 g/mol. The molecule has 4 nitrogen and oxygen atoms in total. The molecule has 0 aliphatic heterocycles. The van der Waals surface area contributed by atoms with E-state index in [0.717, 1.165) is 4.90 Å². The van der Waals surface area contributed by atoms with Gasteiger partial charge in [0.15, 0.2) is 0 Å². The van der Waals surface area contributed by atoms with Crippen LogP contribution in [0.25, 0.3) is 0 Å². The zero-order valence-corrected chi connectivity index (χ0v) is 9.03. The lowest BCUT2D eigenvalue weighted by Crippen LogP contribution is -2.44. The van der Waals surface area contributed by atoms with Crippen molar-refractivity contribution in [2.45, 2.75) is 33.2 Å². The summed E-state index contributed by atoms with van der Waals surface area (Å²) in [6.07, 6.45) is 1.92. The Balaban J connectivity index is 4.58. The van der Waals surface area contributed by atoms with Gasteiger partial charge in [-0.25, -0.2) is 0 Å². The lowest BCUT2D eigenvalue weighted by atomic mass is 10.0. The Labute approximate surface area is 84.3 Å². The minimum Gasteiger partial charge on any atom is -0.328 e. The van der Waals surface area contributed by atoms with Crippen molar-refractivity contribution in [1.82, 2.24) is 4.90 Å². The highest BCUT2D eigenvalue weighted by Crippen LogP contribution is 2.07. The van der Waals surface area contributed by atoms with Crippen LogP contribution in [0.5, 0.6) is 0 Å². The number of hydrogen-bond acceptors (Lipinski definition) is 3. The molecule has 0 aliphatic carbocycles. The van der Waals surface area contributed by atoms with Gasteiger partial charge in [0.2, 0.25) is 12.1 Å². The number of carbonyl (C=O) groups excluding carboxylic acids is 3. The Bertz CT molecular complexity index is 236. The van der Waals surface area contributed by atoms with Gasteiger partial charge in [0.05, 0.1) is 0 Å². The first-order valence-electron chi connectivity index (χ1n) is 4.63. The van der Waals surface area contributed by atoms with Crippen molar-refractivity contribution in [3.05, 3.63) is 0 Å². The van der Waals surface area contributed by atoms with Gasteiger partial charge in [-0.3, -0.25) is 14.4 Å². The third kappa shape index (κ3) is 2.94. The fourth-order valence-electron chi connectivity index (χ4n) is 1.14. The molecule has 0 saturated carbocycles. The van der Waals surface area contributed by atoms with Crippen molar-refractivity contribution >= 4 is 18.0 Å². The van der Waals surface area contributed by atoms with E-state index in [1.165, 1.54) is 7.05 Å². The Hall–Kier alpha value is -1.19. The number of rotatable bonds is 5. The molecule has 1 unspecified atom stereocenters. The molecule has 0 bridgehead atoms. The number of likely N-dealkylation sites (N-methyl/N-ethyl adjacent to an activating group) is 1. The first kappa shape index (κ1) is 12.8. The molecule has 0 aromatic rings. The summed E-state index contributed by atoms with van der Waals surface area (Å²) < 4.78 is 0. The van der Waals surface area contributed by atoms with Gasteiger partial charge in [-0.1, -0.05) is 20.8 Å². The van der Waals surface area contributed by atoms with E-state index in [1.54, 1.807) is 27.1 Å². The number of nitrogens with zero attached hydrogens (tertiary/aromatic N) is 1. The third-order valence-electron chi connectivity index (χ3n) is 2.05. The maximum atomic E-state index is 11.4. The second kappa shape index (κ2) is 5.52. The summed E-state index contributed by atoms with van der Waals surface area (Å²) in [4.78, 5) is 34.2. The fraction of sp³-hybridized carbons (Fsp3) is 0.700. The summed E-state index contributed by atoms with van der Waals surface area (Å²) in [7, 11) is 1.45. The molecule has 1 atom stereocenters. The second-order valence-electron chi connectivity index (χ2n) is 3.50. The lowest BCUT2D eigenvalue weighted by molar-refractivity contribution is -0.144. The summed E-state index contributed by atoms with van der Waals surface area (Å²) in [5.41, 5.74) is 0. The molecule has 0 fully saturated rings. The predicted octanol–water partition coefficient (Wildman–Crippen LogP) is 0.558. The predicted molar refractivity (Wildman–Crippen MR) is 52.4 cm³/mol. The van der Waals surface area contributed by atoms with Crippen molar-refractivity contribution in [2.24, 2.45) is 5.92 Å². The van der Waals surface area contributed by atoms with E-state index < -0.39 is 17.7 Å². The molecule has 1 radical (unpaired) electrons. The molecule has 0 spiro atoms. The van der Waals surface area contributed by atoms with E-state index in [-0.39, 0.29) is 12.3 Å². The molecule has 0 N–H and O–H groups in total. The number of amides is 1. The van der Waals surface area contributed by atoms with Crippen molar-refractivity contribution in [1.29, 1.82) is 0 Å². The highest BCUT2D eigenvalue weighted by molar-refractivity contribution is 6.36. The standard InChI is InChI=1S/C10H16NO3/c1-5-9(13)10(14)11(4)8(6-12)7(2)3/h7-8H,5H2,1-4H3. The van der Waals surface area contributed by atoms with Crippen LogP contribution >= 0.6 is 0 Å². The number of carbonyl (C=O) groups is 2. The maximum absolute atomic E-state index is 11.4. The summed E-state index contributed by atoms with van der Waals surface area (Å²) in [5.74, 6) is -1.13. The highest BCUT2D eigenvalue weighted by Gasteiger charge is 2.26. The Kier molecular flexibility index (Phi) is 5.05. The molecule has 0 rings (SSSR count). The van der Waals surface area contributed by atoms with Crippen molar-refractivity contribution in [3.63, 3.8) is 0 Å². The van der Waals surface area contributed by atoms with Gasteiger partial charge in [-0.05, 0) is 5.92 Å². The molecule has 1 amide bonds. The summed E-state index contributed by atoms with van der Waals surface area (Å²) in [6.45, 7) is 5.22. The molecular weight excluding hydrogens is 182 g/mol. The van der Waals surface area contributed by atoms with Gasteiger partial charge in [0.25, 0.3) is 5.91 Å². The normalized spacial score (nSPS) is 12.4. The summed E-state index contributed by atoms with van der Waals surface area (Å²) in [6, 6.07) is -0.641. The van der Waals surface area contributed by atoms with E-state index in [0.29, 0.717) is 0 Å².